The van der Waals surface area contributed by atoms with Crippen molar-refractivity contribution in [3.63, 3.8) is 0 Å². The Labute approximate surface area is 156 Å². The molecular weight excluding hydrogens is 350 g/mol. The number of benzene rings is 1. The minimum atomic E-state index is -0.835. The molecule has 1 aromatic heterocycles. The molecule has 5 heterocycles. The van der Waals surface area contributed by atoms with Crippen LogP contribution in [0.1, 0.15) is 34.8 Å². The van der Waals surface area contributed by atoms with Gasteiger partial charge in [0.05, 0.1) is 12.2 Å². The van der Waals surface area contributed by atoms with Crippen LogP contribution in [0.15, 0.2) is 36.8 Å². The molecule has 4 saturated heterocycles. The van der Waals surface area contributed by atoms with Crippen molar-refractivity contribution in [1.29, 1.82) is 0 Å². The first-order valence-electron chi connectivity index (χ1n) is 9.40. The highest BCUT2D eigenvalue weighted by molar-refractivity contribution is 5.92. The van der Waals surface area contributed by atoms with Crippen LogP contribution < -0.4 is 0 Å². The van der Waals surface area contributed by atoms with Gasteiger partial charge >= 0.3 is 0 Å². The van der Waals surface area contributed by atoms with Crippen LogP contribution >= 0.6 is 0 Å². The maximum absolute atomic E-state index is 14.6. The van der Waals surface area contributed by atoms with Gasteiger partial charge in [-0.05, 0) is 43.5 Å². The van der Waals surface area contributed by atoms with Crippen molar-refractivity contribution in [2.75, 3.05) is 19.6 Å². The second kappa shape index (κ2) is 6.34. The molecule has 7 heteroatoms. The molecule has 4 aliphatic rings. The van der Waals surface area contributed by atoms with Crippen molar-refractivity contribution in [3.05, 3.63) is 59.7 Å². The van der Waals surface area contributed by atoms with Gasteiger partial charge < -0.3 is 4.90 Å². The molecule has 0 radical (unpaired) electrons. The van der Waals surface area contributed by atoms with Crippen LogP contribution in [0.2, 0.25) is 0 Å². The summed E-state index contributed by atoms with van der Waals surface area (Å²) in [5, 5.41) is 0. The summed E-state index contributed by atoms with van der Waals surface area (Å²) in [5.41, 5.74) is 0.667. The third-order valence-corrected chi connectivity index (χ3v) is 6.42. The molecule has 1 aromatic carbocycles. The number of aromatic nitrogens is 2. The number of amides is 1. The van der Waals surface area contributed by atoms with E-state index in [4.69, 9.17) is 0 Å². The number of halogens is 2. The lowest BCUT2D eigenvalue weighted by Gasteiger charge is -2.51. The average Bonchev–Trinajstić information content (AvgIpc) is 3.14. The molecule has 27 heavy (non-hydrogen) atoms. The maximum atomic E-state index is 14.6. The van der Waals surface area contributed by atoms with Gasteiger partial charge in [-0.15, -0.1) is 0 Å². The van der Waals surface area contributed by atoms with Crippen molar-refractivity contribution in [3.8, 4) is 0 Å². The van der Waals surface area contributed by atoms with E-state index in [0.717, 1.165) is 32.0 Å². The number of nitrogens with zero attached hydrogens (tertiary/aromatic N) is 4. The SMILES string of the molecule is O=C(c1cnccn1)N1C[C@@H](c2cccc(F)c2F)[C@@H]2[C@H]1C1CCN2CC1. The summed E-state index contributed by atoms with van der Waals surface area (Å²) in [7, 11) is 0. The topological polar surface area (TPSA) is 49.3 Å². The summed E-state index contributed by atoms with van der Waals surface area (Å²) in [6, 6.07) is 4.37. The van der Waals surface area contributed by atoms with E-state index in [1.807, 2.05) is 4.90 Å². The lowest BCUT2D eigenvalue weighted by atomic mass is 9.75. The smallest absolute Gasteiger partial charge is 0.274 e. The highest BCUT2D eigenvalue weighted by atomic mass is 19.2. The first-order chi connectivity index (χ1) is 13.1. The number of rotatable bonds is 2. The van der Waals surface area contributed by atoms with E-state index in [1.54, 1.807) is 12.1 Å². The lowest BCUT2D eigenvalue weighted by molar-refractivity contribution is -0.00378. The summed E-state index contributed by atoms with van der Waals surface area (Å²) in [6.07, 6.45) is 6.56. The van der Waals surface area contributed by atoms with Gasteiger partial charge in [-0.3, -0.25) is 14.7 Å². The number of carbonyl (C=O) groups is 1. The summed E-state index contributed by atoms with van der Waals surface area (Å²) in [5.74, 6) is -1.65. The predicted octanol–water partition coefficient (Wildman–Crippen LogP) is 2.46. The second-order valence-electron chi connectivity index (χ2n) is 7.65. The third-order valence-electron chi connectivity index (χ3n) is 6.42. The van der Waals surface area contributed by atoms with Crippen molar-refractivity contribution in [2.45, 2.75) is 30.8 Å². The Morgan fingerprint density at radius 2 is 1.93 bits per heavy atom. The van der Waals surface area contributed by atoms with Gasteiger partial charge in [0.1, 0.15) is 5.69 Å². The van der Waals surface area contributed by atoms with E-state index in [-0.39, 0.29) is 23.9 Å². The van der Waals surface area contributed by atoms with Crippen LogP contribution in [-0.4, -0.2) is 57.4 Å². The molecule has 0 aliphatic carbocycles. The van der Waals surface area contributed by atoms with E-state index in [9.17, 15) is 13.6 Å². The Kier molecular flexibility index (Phi) is 3.93. The summed E-state index contributed by atoms with van der Waals surface area (Å²) < 4.78 is 28.5. The van der Waals surface area contributed by atoms with Crippen LogP contribution in [0, 0.1) is 17.6 Å². The molecule has 0 N–H and O–H groups in total. The number of hydrogen-bond donors (Lipinski definition) is 0. The Hall–Kier alpha value is -2.41. The van der Waals surface area contributed by atoms with Crippen molar-refractivity contribution in [2.24, 2.45) is 5.92 Å². The molecule has 0 unspecified atom stereocenters. The molecule has 4 fully saturated rings. The monoisotopic (exact) mass is 370 g/mol. The van der Waals surface area contributed by atoms with Gasteiger partial charge in [0.15, 0.2) is 11.6 Å². The highest BCUT2D eigenvalue weighted by Gasteiger charge is 2.55. The zero-order valence-electron chi connectivity index (χ0n) is 14.8. The molecular formula is C20H20F2N4O. The molecule has 140 valence electrons. The maximum Gasteiger partial charge on any atom is 0.274 e. The van der Waals surface area contributed by atoms with Crippen LogP contribution in [-0.2, 0) is 0 Å². The van der Waals surface area contributed by atoms with Gasteiger partial charge in [0, 0.05) is 30.9 Å². The third kappa shape index (κ3) is 2.56. The summed E-state index contributed by atoms with van der Waals surface area (Å²) in [6.45, 7) is 2.27. The second-order valence-corrected chi connectivity index (χ2v) is 7.65. The van der Waals surface area contributed by atoms with E-state index in [0.29, 0.717) is 23.7 Å². The summed E-state index contributed by atoms with van der Waals surface area (Å²) >= 11 is 0. The van der Waals surface area contributed by atoms with E-state index in [1.165, 1.54) is 18.6 Å². The van der Waals surface area contributed by atoms with Crippen LogP contribution in [0.3, 0.4) is 0 Å². The van der Waals surface area contributed by atoms with Crippen LogP contribution in [0.25, 0.3) is 0 Å². The summed E-state index contributed by atoms with van der Waals surface area (Å²) in [4.78, 5) is 25.5. The minimum absolute atomic E-state index is 0.00896. The standard InChI is InChI=1S/C20H20F2N4O/c21-15-3-1-2-13(17(15)22)14-11-26(20(27)16-10-23-6-7-24-16)18-12-4-8-25(9-5-12)19(14)18/h1-3,6-7,10,12,14,18-19H,4-5,8-9,11H2/t14-,18+,19+/m0/s1. The molecule has 3 atom stereocenters. The average molecular weight is 370 g/mol. The van der Waals surface area contributed by atoms with Crippen molar-refractivity contribution >= 4 is 5.91 Å². The quantitative estimate of drug-likeness (QED) is 0.815. The van der Waals surface area contributed by atoms with E-state index >= 15 is 0 Å². The van der Waals surface area contributed by atoms with E-state index < -0.39 is 11.6 Å². The molecule has 2 bridgehead atoms. The first kappa shape index (κ1) is 16.7. The normalized spacial score (nSPS) is 31.8. The number of piperidine rings is 3. The number of carbonyl (C=O) groups excluding carboxylic acids is 1. The van der Waals surface area contributed by atoms with Crippen LogP contribution in [0.5, 0.6) is 0 Å². The molecule has 1 amide bonds. The van der Waals surface area contributed by atoms with Gasteiger partial charge in [-0.25, -0.2) is 13.8 Å². The van der Waals surface area contributed by atoms with Gasteiger partial charge in [-0.2, -0.15) is 0 Å². The van der Waals surface area contributed by atoms with Gasteiger partial charge in [0.25, 0.3) is 5.91 Å². The van der Waals surface area contributed by atoms with Gasteiger partial charge in [-0.1, -0.05) is 12.1 Å². The van der Waals surface area contributed by atoms with Crippen molar-refractivity contribution < 1.29 is 13.6 Å². The minimum Gasteiger partial charge on any atom is -0.332 e. The Balaban J connectivity index is 1.56. The number of likely N-dealkylation sites (tertiary alicyclic amines) is 1. The fourth-order valence-corrected chi connectivity index (χ4v) is 5.29. The Bertz CT molecular complexity index is 870. The molecule has 6 rings (SSSR count). The van der Waals surface area contributed by atoms with Crippen molar-refractivity contribution in [1.82, 2.24) is 19.8 Å². The molecule has 5 nitrogen and oxygen atoms in total. The largest absolute Gasteiger partial charge is 0.332 e. The van der Waals surface area contributed by atoms with Crippen LogP contribution in [0.4, 0.5) is 8.78 Å². The van der Waals surface area contributed by atoms with Gasteiger partial charge in [0.2, 0.25) is 0 Å². The fraction of sp³-hybridized carbons (Fsp3) is 0.450. The predicted molar refractivity (Wildman–Crippen MR) is 94.0 cm³/mol. The Morgan fingerprint density at radius 1 is 1.11 bits per heavy atom. The van der Waals surface area contributed by atoms with E-state index in [2.05, 4.69) is 14.9 Å². The zero-order chi connectivity index (χ0) is 18.5. The number of hydrogen-bond acceptors (Lipinski definition) is 4. The number of fused-ring (bicyclic) bond motifs is 2. The first-order valence-corrected chi connectivity index (χ1v) is 9.40. The molecule has 0 saturated carbocycles. The lowest BCUT2D eigenvalue weighted by Crippen LogP contribution is -2.60. The highest BCUT2D eigenvalue weighted by Crippen LogP contribution is 2.47. The zero-order valence-corrected chi connectivity index (χ0v) is 14.8. The molecule has 0 spiro atoms. The molecule has 2 aromatic rings. The molecule has 4 aliphatic heterocycles. The Morgan fingerprint density at radius 3 is 2.67 bits per heavy atom. The fourth-order valence-electron chi connectivity index (χ4n) is 5.29.